The zero-order chi connectivity index (χ0) is 16.5. The summed E-state index contributed by atoms with van der Waals surface area (Å²) in [5.41, 5.74) is 0.128. The summed E-state index contributed by atoms with van der Waals surface area (Å²) < 4.78 is 39.6. The number of carbonyl (C=O) groups excluding carboxylic acids is 1. The van der Waals surface area contributed by atoms with Gasteiger partial charge in [-0.05, 0) is 25.1 Å². The Morgan fingerprint density at radius 3 is 2.64 bits per heavy atom. The predicted molar refractivity (Wildman–Crippen MR) is 72.4 cm³/mol. The van der Waals surface area contributed by atoms with E-state index in [-0.39, 0.29) is 11.3 Å². The van der Waals surface area contributed by atoms with E-state index in [4.69, 9.17) is 4.84 Å². The maximum atomic E-state index is 12.8. The summed E-state index contributed by atoms with van der Waals surface area (Å²) in [4.78, 5) is 16.8. The molecule has 0 atom stereocenters. The summed E-state index contributed by atoms with van der Waals surface area (Å²) in [5, 5.41) is 5.01. The molecule has 0 fully saturated rings. The van der Waals surface area contributed by atoms with Crippen LogP contribution in [-0.4, -0.2) is 34.9 Å². The van der Waals surface area contributed by atoms with Gasteiger partial charge in [0.1, 0.15) is 0 Å². The van der Waals surface area contributed by atoms with Crippen molar-refractivity contribution in [1.82, 2.24) is 14.8 Å². The van der Waals surface area contributed by atoms with E-state index in [0.717, 1.165) is 17.2 Å². The molecule has 0 saturated heterocycles. The Bertz CT molecular complexity index is 695. The van der Waals surface area contributed by atoms with Gasteiger partial charge in [-0.3, -0.25) is 9.63 Å². The number of carbonyl (C=O) groups is 1. The highest BCUT2D eigenvalue weighted by Crippen LogP contribution is 2.30. The molecule has 1 heterocycles. The molecule has 0 aliphatic rings. The molecule has 8 heteroatoms. The molecule has 1 aromatic heterocycles. The van der Waals surface area contributed by atoms with Crippen LogP contribution >= 0.6 is 0 Å². The molecule has 0 N–H and O–H groups in total. The second-order valence-corrected chi connectivity index (χ2v) is 4.59. The van der Waals surface area contributed by atoms with Crippen LogP contribution in [0.4, 0.5) is 13.2 Å². The number of rotatable bonds is 3. The van der Waals surface area contributed by atoms with Crippen molar-refractivity contribution in [3.63, 3.8) is 0 Å². The summed E-state index contributed by atoms with van der Waals surface area (Å²) in [6.07, 6.45) is -3.14. The third kappa shape index (κ3) is 2.96. The summed E-state index contributed by atoms with van der Waals surface area (Å²) >= 11 is 0. The van der Waals surface area contributed by atoms with Crippen LogP contribution in [0.1, 0.15) is 21.6 Å². The minimum atomic E-state index is -4.44. The maximum absolute atomic E-state index is 12.8. The standard InChI is InChI=1S/C14H14F3N3O2/c1-9-12(13(21)19(2)22-3)8-18-20(9)11-6-4-5-10(7-11)14(15,16)17/h4-8H,1-3H3. The van der Waals surface area contributed by atoms with Gasteiger partial charge >= 0.3 is 6.18 Å². The molecule has 0 spiro atoms. The van der Waals surface area contributed by atoms with Crippen molar-refractivity contribution < 1.29 is 22.8 Å². The first-order valence-corrected chi connectivity index (χ1v) is 6.30. The first-order chi connectivity index (χ1) is 10.3. The molecule has 1 amide bonds. The SMILES string of the molecule is CON(C)C(=O)c1cnn(-c2cccc(C(F)(F)F)c2)c1C. The van der Waals surface area contributed by atoms with Crippen LogP contribution in [-0.2, 0) is 11.0 Å². The van der Waals surface area contributed by atoms with Crippen molar-refractivity contribution in [3.8, 4) is 5.69 Å². The maximum Gasteiger partial charge on any atom is 0.416 e. The number of hydroxylamine groups is 2. The second kappa shape index (κ2) is 5.80. The molecule has 0 saturated carbocycles. The van der Waals surface area contributed by atoms with Gasteiger partial charge in [0.25, 0.3) is 5.91 Å². The van der Waals surface area contributed by atoms with Crippen LogP contribution in [0.15, 0.2) is 30.5 Å². The molecule has 0 aliphatic carbocycles. The fourth-order valence-corrected chi connectivity index (χ4v) is 1.95. The lowest BCUT2D eigenvalue weighted by atomic mass is 10.2. The topological polar surface area (TPSA) is 47.4 Å². The lowest BCUT2D eigenvalue weighted by Crippen LogP contribution is -2.25. The minimum Gasteiger partial charge on any atom is -0.274 e. The van der Waals surface area contributed by atoms with E-state index in [1.54, 1.807) is 6.92 Å². The fraction of sp³-hybridized carbons (Fsp3) is 0.286. The number of hydrogen-bond donors (Lipinski definition) is 0. The smallest absolute Gasteiger partial charge is 0.274 e. The molecular weight excluding hydrogens is 299 g/mol. The fourth-order valence-electron chi connectivity index (χ4n) is 1.95. The molecule has 2 aromatic rings. The van der Waals surface area contributed by atoms with Crippen molar-refractivity contribution in [3.05, 3.63) is 47.3 Å². The molecule has 0 aliphatic heterocycles. The Balaban J connectivity index is 2.43. The van der Waals surface area contributed by atoms with Gasteiger partial charge in [0.05, 0.1) is 35.8 Å². The van der Waals surface area contributed by atoms with Gasteiger partial charge in [0.15, 0.2) is 0 Å². The van der Waals surface area contributed by atoms with Crippen molar-refractivity contribution in [2.24, 2.45) is 0 Å². The van der Waals surface area contributed by atoms with Crippen molar-refractivity contribution in [2.45, 2.75) is 13.1 Å². The Morgan fingerprint density at radius 1 is 1.36 bits per heavy atom. The third-order valence-electron chi connectivity index (χ3n) is 3.22. The molecular formula is C14H14F3N3O2. The highest BCUT2D eigenvalue weighted by Gasteiger charge is 2.30. The largest absolute Gasteiger partial charge is 0.416 e. The zero-order valence-electron chi connectivity index (χ0n) is 12.2. The summed E-state index contributed by atoms with van der Waals surface area (Å²) in [6, 6.07) is 4.74. The summed E-state index contributed by atoms with van der Waals surface area (Å²) in [6.45, 7) is 1.60. The quantitative estimate of drug-likeness (QED) is 0.819. The molecule has 22 heavy (non-hydrogen) atoms. The molecule has 118 valence electrons. The van der Waals surface area contributed by atoms with Gasteiger partial charge in [-0.2, -0.15) is 18.3 Å². The Morgan fingerprint density at radius 2 is 2.05 bits per heavy atom. The number of nitrogens with zero attached hydrogens (tertiary/aromatic N) is 3. The van der Waals surface area contributed by atoms with Gasteiger partial charge in [-0.25, -0.2) is 9.75 Å². The van der Waals surface area contributed by atoms with Crippen LogP contribution in [0.5, 0.6) is 0 Å². The molecule has 5 nitrogen and oxygen atoms in total. The predicted octanol–water partition coefficient (Wildman–Crippen LogP) is 2.83. The Kier molecular flexibility index (Phi) is 4.23. The van der Waals surface area contributed by atoms with Crippen LogP contribution in [0, 0.1) is 6.92 Å². The van der Waals surface area contributed by atoms with E-state index in [1.807, 2.05) is 0 Å². The Labute approximate surface area is 124 Å². The van der Waals surface area contributed by atoms with E-state index in [2.05, 4.69) is 5.10 Å². The normalized spacial score (nSPS) is 11.5. The summed E-state index contributed by atoms with van der Waals surface area (Å²) in [5.74, 6) is -0.432. The number of aromatic nitrogens is 2. The van der Waals surface area contributed by atoms with Crippen molar-refractivity contribution in [1.29, 1.82) is 0 Å². The highest BCUT2D eigenvalue weighted by molar-refractivity contribution is 5.94. The van der Waals surface area contributed by atoms with E-state index in [9.17, 15) is 18.0 Å². The lowest BCUT2D eigenvalue weighted by Gasteiger charge is -2.13. The Hall–Kier alpha value is -2.35. The van der Waals surface area contributed by atoms with Crippen molar-refractivity contribution >= 4 is 5.91 Å². The first kappa shape index (κ1) is 16.0. The average Bonchev–Trinajstić information content (AvgIpc) is 2.86. The van der Waals surface area contributed by atoms with Crippen LogP contribution < -0.4 is 0 Å². The minimum absolute atomic E-state index is 0.228. The molecule has 0 bridgehead atoms. The second-order valence-electron chi connectivity index (χ2n) is 4.59. The number of benzene rings is 1. The van der Waals surface area contributed by atoms with Gasteiger partial charge in [-0.1, -0.05) is 6.07 Å². The zero-order valence-corrected chi connectivity index (χ0v) is 12.2. The number of hydrogen-bond acceptors (Lipinski definition) is 3. The number of halogens is 3. The van der Waals surface area contributed by atoms with Gasteiger partial charge in [-0.15, -0.1) is 0 Å². The van der Waals surface area contributed by atoms with Gasteiger partial charge < -0.3 is 0 Å². The van der Waals surface area contributed by atoms with Gasteiger partial charge in [0.2, 0.25) is 0 Å². The van der Waals surface area contributed by atoms with Crippen molar-refractivity contribution in [2.75, 3.05) is 14.2 Å². The molecule has 1 aromatic carbocycles. The lowest BCUT2D eigenvalue weighted by molar-refractivity contribution is -0.137. The monoisotopic (exact) mass is 313 g/mol. The van der Waals surface area contributed by atoms with Crippen LogP contribution in [0.25, 0.3) is 5.69 Å². The van der Waals surface area contributed by atoms with Gasteiger partial charge in [0, 0.05) is 7.05 Å². The average molecular weight is 313 g/mol. The summed E-state index contributed by atoms with van der Waals surface area (Å²) in [7, 11) is 2.77. The van der Waals surface area contributed by atoms with E-state index >= 15 is 0 Å². The first-order valence-electron chi connectivity index (χ1n) is 6.30. The molecule has 2 rings (SSSR count). The van der Waals surface area contributed by atoms with Crippen LogP contribution in [0.3, 0.4) is 0 Å². The van der Waals surface area contributed by atoms with E-state index in [1.165, 1.54) is 37.2 Å². The van der Waals surface area contributed by atoms with E-state index < -0.39 is 17.6 Å². The van der Waals surface area contributed by atoms with E-state index in [0.29, 0.717) is 5.69 Å². The number of amides is 1. The number of alkyl halides is 3. The molecule has 0 radical (unpaired) electrons. The highest BCUT2D eigenvalue weighted by atomic mass is 19.4. The van der Waals surface area contributed by atoms with Crippen LogP contribution in [0.2, 0.25) is 0 Å². The third-order valence-corrected chi connectivity index (χ3v) is 3.22. The molecule has 0 unspecified atom stereocenters.